The molecule has 0 saturated carbocycles. The van der Waals surface area contributed by atoms with Crippen molar-refractivity contribution < 1.29 is 0 Å². The molecule has 7 heteroatoms. The minimum atomic E-state index is 0. The van der Waals surface area contributed by atoms with Gasteiger partial charge in [-0.1, -0.05) is 23.7 Å². The quantitative estimate of drug-likeness (QED) is 0.374. The van der Waals surface area contributed by atoms with Gasteiger partial charge < -0.3 is 20.4 Å². The molecule has 0 spiro atoms. The Morgan fingerprint density at radius 2 is 1.88 bits per heavy atom. The number of benzene rings is 1. The fourth-order valence-corrected chi connectivity index (χ4v) is 2.88. The molecular weight excluding hydrogens is 449 g/mol. The first kappa shape index (κ1) is 22.5. The van der Waals surface area contributed by atoms with Crippen molar-refractivity contribution in [3.8, 4) is 0 Å². The van der Waals surface area contributed by atoms with Crippen molar-refractivity contribution in [1.82, 2.24) is 20.4 Å². The summed E-state index contributed by atoms with van der Waals surface area (Å²) in [5, 5.41) is 7.51. The number of aliphatic imine (C=N–C) groups is 1. The minimum absolute atomic E-state index is 0. The second-order valence-corrected chi connectivity index (χ2v) is 6.68. The second-order valence-electron chi connectivity index (χ2n) is 6.25. The number of hydrogen-bond acceptors (Lipinski definition) is 3. The van der Waals surface area contributed by atoms with E-state index in [2.05, 4.69) is 39.4 Å². The number of nitrogens with zero attached hydrogens (tertiary/aromatic N) is 3. The smallest absolute Gasteiger partial charge is 0.191 e. The van der Waals surface area contributed by atoms with Gasteiger partial charge in [-0.25, -0.2) is 4.99 Å². The highest BCUT2D eigenvalue weighted by Gasteiger charge is 2.11. The molecule has 2 N–H and O–H groups in total. The SMILES string of the molecule is CCNC(=NCc1ccc(Cl)cc1)NCCN1CCCN(C)CC1.I. The van der Waals surface area contributed by atoms with Gasteiger partial charge in [0.15, 0.2) is 5.96 Å². The molecule has 5 nitrogen and oxygen atoms in total. The first-order valence-electron chi connectivity index (χ1n) is 8.85. The molecule has 1 aromatic rings. The van der Waals surface area contributed by atoms with Crippen LogP contribution in [0.5, 0.6) is 0 Å². The molecule has 0 radical (unpaired) electrons. The lowest BCUT2D eigenvalue weighted by Crippen LogP contribution is -2.42. The van der Waals surface area contributed by atoms with Gasteiger partial charge in [0.05, 0.1) is 6.54 Å². The number of hydrogen-bond donors (Lipinski definition) is 2. The monoisotopic (exact) mass is 479 g/mol. The van der Waals surface area contributed by atoms with Gasteiger partial charge in [-0.15, -0.1) is 24.0 Å². The van der Waals surface area contributed by atoms with Gasteiger partial charge in [-0.3, -0.25) is 0 Å². The Labute approximate surface area is 174 Å². The topological polar surface area (TPSA) is 42.9 Å². The number of halogens is 2. The standard InChI is InChI=1S/C18H30ClN5.HI/c1-3-20-18(22-15-16-5-7-17(19)8-6-16)21-9-12-24-11-4-10-23(2)13-14-24;/h5-8H,3-4,9-15H2,1-2H3,(H2,20,21,22);1H. The Morgan fingerprint density at radius 3 is 2.60 bits per heavy atom. The van der Waals surface area contributed by atoms with E-state index in [1.165, 1.54) is 19.5 Å². The lowest BCUT2D eigenvalue weighted by molar-refractivity contribution is 0.280. The first-order valence-corrected chi connectivity index (χ1v) is 9.22. The molecule has 25 heavy (non-hydrogen) atoms. The summed E-state index contributed by atoms with van der Waals surface area (Å²) in [5.74, 6) is 0.874. The predicted octanol–water partition coefficient (Wildman–Crippen LogP) is 2.65. The van der Waals surface area contributed by atoms with Crippen LogP contribution in [0.2, 0.25) is 5.02 Å². The Kier molecular flexibility index (Phi) is 11.4. The van der Waals surface area contributed by atoms with Crippen LogP contribution in [-0.2, 0) is 6.54 Å². The van der Waals surface area contributed by atoms with Crippen LogP contribution in [0.15, 0.2) is 29.3 Å². The summed E-state index contributed by atoms with van der Waals surface area (Å²) in [6.45, 7) is 10.3. The molecule has 1 aromatic carbocycles. The van der Waals surface area contributed by atoms with Crippen LogP contribution in [0.4, 0.5) is 0 Å². The summed E-state index contributed by atoms with van der Waals surface area (Å²) in [7, 11) is 2.20. The molecule has 142 valence electrons. The van der Waals surface area contributed by atoms with Crippen molar-refractivity contribution in [3.05, 3.63) is 34.9 Å². The normalized spacial score (nSPS) is 16.8. The van der Waals surface area contributed by atoms with Gasteiger partial charge in [0.2, 0.25) is 0 Å². The van der Waals surface area contributed by atoms with Gasteiger partial charge >= 0.3 is 0 Å². The molecule has 1 fully saturated rings. The largest absolute Gasteiger partial charge is 0.357 e. The summed E-state index contributed by atoms with van der Waals surface area (Å²) in [6.07, 6.45) is 1.25. The van der Waals surface area contributed by atoms with Crippen LogP contribution in [0, 0.1) is 0 Å². The van der Waals surface area contributed by atoms with Crippen LogP contribution >= 0.6 is 35.6 Å². The average Bonchev–Trinajstić information content (AvgIpc) is 2.78. The first-order chi connectivity index (χ1) is 11.7. The van der Waals surface area contributed by atoms with Gasteiger partial charge in [0, 0.05) is 37.7 Å². The molecular formula is C18H31ClIN5. The zero-order valence-corrected chi connectivity index (χ0v) is 18.4. The number of nitrogens with one attached hydrogen (secondary N) is 2. The highest BCUT2D eigenvalue weighted by molar-refractivity contribution is 14.0. The number of guanidine groups is 1. The van der Waals surface area contributed by atoms with E-state index in [-0.39, 0.29) is 24.0 Å². The van der Waals surface area contributed by atoms with E-state index in [1.807, 2.05) is 24.3 Å². The van der Waals surface area contributed by atoms with Crippen LogP contribution in [-0.4, -0.2) is 68.6 Å². The predicted molar refractivity (Wildman–Crippen MR) is 118 cm³/mol. The van der Waals surface area contributed by atoms with Crippen LogP contribution in [0.25, 0.3) is 0 Å². The van der Waals surface area contributed by atoms with Crippen molar-refractivity contribution in [2.24, 2.45) is 4.99 Å². The maximum atomic E-state index is 5.92. The van der Waals surface area contributed by atoms with Crippen molar-refractivity contribution in [1.29, 1.82) is 0 Å². The molecule has 0 unspecified atom stereocenters. The molecule has 0 atom stereocenters. The molecule has 1 aliphatic rings. The summed E-state index contributed by atoms with van der Waals surface area (Å²) in [5.41, 5.74) is 1.16. The molecule has 1 heterocycles. The Balaban J connectivity index is 0.00000312. The van der Waals surface area contributed by atoms with E-state index in [0.29, 0.717) is 6.54 Å². The minimum Gasteiger partial charge on any atom is -0.357 e. The van der Waals surface area contributed by atoms with Crippen LogP contribution in [0.3, 0.4) is 0 Å². The third-order valence-corrected chi connectivity index (χ3v) is 4.46. The van der Waals surface area contributed by atoms with Crippen molar-refractivity contribution >= 4 is 41.5 Å². The average molecular weight is 480 g/mol. The Bertz CT molecular complexity index is 509. The van der Waals surface area contributed by atoms with E-state index in [1.54, 1.807) is 0 Å². The maximum absolute atomic E-state index is 5.92. The highest BCUT2D eigenvalue weighted by atomic mass is 127. The summed E-state index contributed by atoms with van der Waals surface area (Å²) in [4.78, 5) is 9.59. The summed E-state index contributed by atoms with van der Waals surface area (Å²) >= 11 is 5.92. The van der Waals surface area contributed by atoms with E-state index in [0.717, 1.165) is 49.3 Å². The van der Waals surface area contributed by atoms with Gasteiger partial charge in [-0.05, 0) is 51.2 Å². The van der Waals surface area contributed by atoms with Crippen LogP contribution in [0.1, 0.15) is 18.9 Å². The number of rotatable bonds is 6. The fraction of sp³-hybridized carbons (Fsp3) is 0.611. The Morgan fingerprint density at radius 1 is 1.12 bits per heavy atom. The third-order valence-electron chi connectivity index (χ3n) is 4.21. The molecule has 0 aliphatic carbocycles. The molecule has 1 saturated heterocycles. The van der Waals surface area contributed by atoms with E-state index < -0.39 is 0 Å². The summed E-state index contributed by atoms with van der Waals surface area (Å²) < 4.78 is 0. The van der Waals surface area contributed by atoms with E-state index in [4.69, 9.17) is 11.6 Å². The maximum Gasteiger partial charge on any atom is 0.191 e. The molecule has 0 bridgehead atoms. The van der Waals surface area contributed by atoms with Crippen molar-refractivity contribution in [2.75, 3.05) is 52.9 Å². The lowest BCUT2D eigenvalue weighted by Gasteiger charge is -2.21. The fourth-order valence-electron chi connectivity index (χ4n) is 2.76. The van der Waals surface area contributed by atoms with Gasteiger partial charge in [0.1, 0.15) is 0 Å². The lowest BCUT2D eigenvalue weighted by atomic mass is 10.2. The zero-order chi connectivity index (χ0) is 17.2. The Hall–Kier alpha value is -0.570. The van der Waals surface area contributed by atoms with Crippen LogP contribution < -0.4 is 10.6 Å². The molecule has 2 rings (SSSR count). The molecule has 0 amide bonds. The van der Waals surface area contributed by atoms with E-state index in [9.17, 15) is 0 Å². The molecule has 0 aromatic heterocycles. The molecule has 1 aliphatic heterocycles. The van der Waals surface area contributed by atoms with Crippen molar-refractivity contribution in [3.63, 3.8) is 0 Å². The number of likely N-dealkylation sites (N-methyl/N-ethyl adjacent to an activating group) is 1. The third kappa shape index (κ3) is 9.08. The second kappa shape index (κ2) is 12.7. The van der Waals surface area contributed by atoms with Crippen molar-refractivity contribution in [2.45, 2.75) is 19.9 Å². The van der Waals surface area contributed by atoms with Gasteiger partial charge in [0.25, 0.3) is 0 Å². The highest BCUT2D eigenvalue weighted by Crippen LogP contribution is 2.10. The zero-order valence-electron chi connectivity index (χ0n) is 15.3. The van der Waals surface area contributed by atoms with E-state index >= 15 is 0 Å². The summed E-state index contributed by atoms with van der Waals surface area (Å²) in [6, 6.07) is 7.85. The van der Waals surface area contributed by atoms with Gasteiger partial charge in [-0.2, -0.15) is 0 Å².